The summed E-state index contributed by atoms with van der Waals surface area (Å²) in [6.07, 6.45) is 4.24. The van der Waals surface area contributed by atoms with Gasteiger partial charge in [0.05, 0.1) is 0 Å². The molecule has 0 spiro atoms. The molecule has 3 rings (SSSR count). The minimum atomic E-state index is 0.228. The van der Waals surface area contributed by atoms with Crippen LogP contribution in [-0.2, 0) is 11.3 Å². The third-order valence-corrected chi connectivity index (χ3v) is 5.90. The number of rotatable bonds is 5. The van der Waals surface area contributed by atoms with Crippen molar-refractivity contribution < 1.29 is 4.79 Å². The molecule has 1 aromatic carbocycles. The quantitative estimate of drug-likeness (QED) is 0.635. The summed E-state index contributed by atoms with van der Waals surface area (Å²) >= 11 is 2.04. The van der Waals surface area contributed by atoms with Crippen molar-refractivity contribution in [2.45, 2.75) is 37.5 Å². The maximum Gasteiger partial charge on any atom is 0.227 e. The number of guanidine groups is 1. The molecule has 0 saturated carbocycles. The SMILES string of the molecule is CN=C(NCc1cccc(N2CCCC2=O)c1)NCC1CCCS1. The molecular weight excluding hydrogens is 320 g/mol. The van der Waals surface area contributed by atoms with Crippen LogP contribution in [-0.4, -0.2) is 43.0 Å². The van der Waals surface area contributed by atoms with Crippen LogP contribution in [0.1, 0.15) is 31.2 Å². The van der Waals surface area contributed by atoms with E-state index in [1.807, 2.05) is 28.8 Å². The second-order valence-electron chi connectivity index (χ2n) is 6.26. The Balaban J connectivity index is 1.52. The highest BCUT2D eigenvalue weighted by Crippen LogP contribution is 2.25. The number of nitrogens with one attached hydrogen (secondary N) is 2. The van der Waals surface area contributed by atoms with Crippen LogP contribution in [0, 0.1) is 0 Å². The maximum absolute atomic E-state index is 11.9. The molecule has 0 aliphatic carbocycles. The van der Waals surface area contributed by atoms with Gasteiger partial charge in [-0.05, 0) is 42.7 Å². The molecule has 2 aliphatic heterocycles. The van der Waals surface area contributed by atoms with Crippen molar-refractivity contribution in [2.75, 3.05) is 30.8 Å². The van der Waals surface area contributed by atoms with E-state index in [4.69, 9.17) is 0 Å². The lowest BCUT2D eigenvalue weighted by Gasteiger charge is -2.18. The van der Waals surface area contributed by atoms with Crippen molar-refractivity contribution in [3.63, 3.8) is 0 Å². The molecule has 2 saturated heterocycles. The highest BCUT2D eigenvalue weighted by Gasteiger charge is 2.21. The van der Waals surface area contributed by atoms with E-state index in [1.54, 1.807) is 7.05 Å². The first-order valence-electron chi connectivity index (χ1n) is 8.71. The van der Waals surface area contributed by atoms with Crippen LogP contribution < -0.4 is 15.5 Å². The summed E-state index contributed by atoms with van der Waals surface area (Å²) < 4.78 is 0. The Bertz CT molecular complexity index is 598. The van der Waals surface area contributed by atoms with Crippen molar-refractivity contribution in [1.82, 2.24) is 10.6 Å². The van der Waals surface area contributed by atoms with Crippen molar-refractivity contribution in [3.05, 3.63) is 29.8 Å². The van der Waals surface area contributed by atoms with Crippen LogP contribution in [0.5, 0.6) is 0 Å². The number of aliphatic imine (C=N–C) groups is 1. The predicted molar refractivity (Wildman–Crippen MR) is 102 cm³/mol. The smallest absolute Gasteiger partial charge is 0.227 e. The van der Waals surface area contributed by atoms with Crippen LogP contribution in [0.25, 0.3) is 0 Å². The first kappa shape index (κ1) is 17.1. The number of carbonyl (C=O) groups is 1. The van der Waals surface area contributed by atoms with Gasteiger partial charge in [0.25, 0.3) is 0 Å². The summed E-state index contributed by atoms with van der Waals surface area (Å²) in [4.78, 5) is 18.1. The van der Waals surface area contributed by atoms with Crippen molar-refractivity contribution in [3.8, 4) is 0 Å². The molecule has 2 N–H and O–H groups in total. The zero-order chi connectivity index (χ0) is 16.8. The van der Waals surface area contributed by atoms with Gasteiger partial charge in [0.1, 0.15) is 0 Å². The number of carbonyl (C=O) groups excluding carboxylic acids is 1. The molecule has 1 atom stereocenters. The molecule has 130 valence electrons. The number of amides is 1. The molecule has 1 aromatic rings. The van der Waals surface area contributed by atoms with E-state index in [0.717, 1.165) is 36.7 Å². The van der Waals surface area contributed by atoms with Crippen LogP contribution in [0.15, 0.2) is 29.3 Å². The van der Waals surface area contributed by atoms with Crippen molar-refractivity contribution in [1.29, 1.82) is 0 Å². The second kappa shape index (κ2) is 8.42. The van der Waals surface area contributed by atoms with Crippen LogP contribution in [0.4, 0.5) is 5.69 Å². The largest absolute Gasteiger partial charge is 0.355 e. The molecule has 0 radical (unpaired) electrons. The summed E-state index contributed by atoms with van der Waals surface area (Å²) in [7, 11) is 1.80. The average Bonchev–Trinajstić information content (AvgIpc) is 3.27. The Kier molecular flexibility index (Phi) is 6.01. The molecule has 2 heterocycles. The summed E-state index contributed by atoms with van der Waals surface area (Å²) in [6.45, 7) is 2.50. The molecule has 5 nitrogen and oxygen atoms in total. The Morgan fingerprint density at radius 3 is 3.00 bits per heavy atom. The molecule has 24 heavy (non-hydrogen) atoms. The van der Waals surface area contributed by atoms with Crippen molar-refractivity contribution >= 4 is 29.3 Å². The highest BCUT2D eigenvalue weighted by atomic mass is 32.2. The fourth-order valence-corrected chi connectivity index (χ4v) is 4.38. The van der Waals surface area contributed by atoms with E-state index in [1.165, 1.54) is 18.6 Å². The Morgan fingerprint density at radius 2 is 2.29 bits per heavy atom. The number of hydrogen-bond acceptors (Lipinski definition) is 3. The van der Waals surface area contributed by atoms with E-state index >= 15 is 0 Å². The van der Waals surface area contributed by atoms with Gasteiger partial charge in [-0.1, -0.05) is 12.1 Å². The van der Waals surface area contributed by atoms with Gasteiger partial charge in [-0.2, -0.15) is 11.8 Å². The molecule has 2 aliphatic rings. The Morgan fingerprint density at radius 1 is 1.38 bits per heavy atom. The minimum Gasteiger partial charge on any atom is -0.355 e. The van der Waals surface area contributed by atoms with E-state index in [2.05, 4.69) is 27.8 Å². The van der Waals surface area contributed by atoms with Gasteiger partial charge >= 0.3 is 0 Å². The molecule has 0 bridgehead atoms. The summed E-state index contributed by atoms with van der Waals surface area (Å²) in [5.74, 6) is 2.34. The Hall–Kier alpha value is -1.69. The first-order chi connectivity index (χ1) is 11.8. The molecule has 1 amide bonds. The lowest BCUT2D eigenvalue weighted by Crippen LogP contribution is -2.39. The van der Waals surface area contributed by atoms with Gasteiger partial charge < -0.3 is 15.5 Å². The summed E-state index contributed by atoms with van der Waals surface area (Å²) in [5, 5.41) is 7.48. The van der Waals surface area contributed by atoms with Crippen LogP contribution in [0.3, 0.4) is 0 Å². The molecule has 1 unspecified atom stereocenters. The molecule has 6 heteroatoms. The predicted octanol–water partition coefficient (Wildman–Crippen LogP) is 2.37. The summed E-state index contributed by atoms with van der Waals surface area (Å²) in [5.41, 5.74) is 2.16. The van der Waals surface area contributed by atoms with E-state index < -0.39 is 0 Å². The monoisotopic (exact) mass is 346 g/mol. The fraction of sp³-hybridized carbons (Fsp3) is 0.556. The van der Waals surface area contributed by atoms with E-state index in [-0.39, 0.29) is 5.91 Å². The number of hydrogen-bond donors (Lipinski definition) is 2. The first-order valence-corrected chi connectivity index (χ1v) is 9.76. The highest BCUT2D eigenvalue weighted by molar-refractivity contribution is 8.00. The summed E-state index contributed by atoms with van der Waals surface area (Å²) in [6, 6.07) is 8.20. The van der Waals surface area contributed by atoms with Crippen molar-refractivity contribution in [2.24, 2.45) is 4.99 Å². The van der Waals surface area contributed by atoms with Crippen LogP contribution in [0.2, 0.25) is 0 Å². The average molecular weight is 347 g/mol. The lowest BCUT2D eigenvalue weighted by molar-refractivity contribution is -0.117. The maximum atomic E-state index is 11.9. The number of thioether (sulfide) groups is 1. The topological polar surface area (TPSA) is 56.7 Å². The molecule has 0 aromatic heterocycles. The van der Waals surface area contributed by atoms with Gasteiger partial charge in [0.15, 0.2) is 5.96 Å². The zero-order valence-corrected chi connectivity index (χ0v) is 15.1. The van der Waals surface area contributed by atoms with Gasteiger partial charge in [0.2, 0.25) is 5.91 Å². The van der Waals surface area contributed by atoms with Crippen LogP contribution >= 0.6 is 11.8 Å². The third-order valence-electron chi connectivity index (χ3n) is 4.50. The lowest BCUT2D eigenvalue weighted by atomic mass is 10.2. The third kappa shape index (κ3) is 4.44. The number of nitrogens with zero attached hydrogens (tertiary/aromatic N) is 2. The Labute approximate surface area is 148 Å². The number of benzene rings is 1. The number of anilines is 1. The van der Waals surface area contributed by atoms with Gasteiger partial charge in [-0.3, -0.25) is 9.79 Å². The molecular formula is C18H26N4OS. The standard InChI is InChI=1S/C18H26N4OS/c1-19-18(21-13-16-7-4-10-24-16)20-12-14-5-2-6-15(11-14)22-9-3-8-17(22)23/h2,5-6,11,16H,3-4,7-10,12-13H2,1H3,(H2,19,20,21). The van der Waals surface area contributed by atoms with Gasteiger partial charge in [-0.15, -0.1) is 0 Å². The van der Waals surface area contributed by atoms with E-state index in [9.17, 15) is 4.79 Å². The normalized spacial score (nSPS) is 21.4. The van der Waals surface area contributed by atoms with E-state index in [0.29, 0.717) is 18.2 Å². The second-order valence-corrected chi connectivity index (χ2v) is 7.67. The minimum absolute atomic E-state index is 0.228. The zero-order valence-electron chi connectivity index (χ0n) is 14.3. The molecule has 2 fully saturated rings. The fourth-order valence-electron chi connectivity index (χ4n) is 3.18. The van der Waals surface area contributed by atoms with Gasteiger partial charge in [-0.25, -0.2) is 0 Å². The van der Waals surface area contributed by atoms with Gasteiger partial charge in [0, 0.05) is 44.0 Å².